The zero-order valence-electron chi connectivity index (χ0n) is 14.8. The summed E-state index contributed by atoms with van der Waals surface area (Å²) in [5.41, 5.74) is 3.93. The van der Waals surface area contributed by atoms with E-state index in [9.17, 15) is 4.79 Å². The number of benzene rings is 1. The first kappa shape index (κ1) is 18.5. The normalized spacial score (nSPS) is 16.8. The lowest BCUT2D eigenvalue weighted by Crippen LogP contribution is -2.40. The van der Waals surface area contributed by atoms with Crippen LogP contribution in [0.25, 0.3) is 0 Å². The molecular weight excluding hydrogens is 302 g/mol. The summed E-state index contributed by atoms with van der Waals surface area (Å²) in [5, 5.41) is 4.45. The number of methoxy groups -OCH3 is 1. The number of anilines is 1. The van der Waals surface area contributed by atoms with E-state index in [0.29, 0.717) is 12.3 Å². The molecule has 0 aliphatic carbocycles. The number of hydrogen-bond acceptors (Lipinski definition) is 4. The smallest absolute Gasteiger partial charge is 0.199 e. The Bertz CT molecular complexity index is 525. The number of likely N-dealkylation sites (tertiary alicyclic amines) is 1. The molecule has 1 aliphatic rings. The van der Waals surface area contributed by atoms with Gasteiger partial charge in [0.15, 0.2) is 11.6 Å². The van der Waals surface area contributed by atoms with Crippen LogP contribution >= 0.6 is 0 Å². The van der Waals surface area contributed by atoms with Gasteiger partial charge in [-0.15, -0.1) is 0 Å². The van der Waals surface area contributed by atoms with E-state index in [1.165, 1.54) is 6.42 Å². The molecule has 1 saturated heterocycles. The molecule has 1 atom stereocenters. The monoisotopic (exact) mass is 331 g/mol. The van der Waals surface area contributed by atoms with Gasteiger partial charge in [-0.3, -0.25) is 10.2 Å². The molecule has 1 unspecified atom stereocenters. The Morgan fingerprint density at radius 2 is 1.96 bits per heavy atom. The SMILES string of the molecule is COC(C)CCCC(=O)/C(=N/Nc1ccccc1)N1CCCCC1. The summed E-state index contributed by atoms with van der Waals surface area (Å²) < 4.78 is 5.25. The number of nitrogens with one attached hydrogen (secondary N) is 1. The van der Waals surface area contributed by atoms with E-state index in [1.54, 1.807) is 7.11 Å². The highest BCUT2D eigenvalue weighted by Crippen LogP contribution is 2.13. The molecule has 0 amide bonds. The van der Waals surface area contributed by atoms with Crippen molar-refractivity contribution in [3.8, 4) is 0 Å². The van der Waals surface area contributed by atoms with E-state index < -0.39 is 0 Å². The summed E-state index contributed by atoms with van der Waals surface area (Å²) in [6, 6.07) is 9.76. The van der Waals surface area contributed by atoms with E-state index in [2.05, 4.69) is 15.4 Å². The second-order valence-corrected chi connectivity index (χ2v) is 6.32. The van der Waals surface area contributed by atoms with Crippen molar-refractivity contribution in [3.63, 3.8) is 0 Å². The lowest BCUT2D eigenvalue weighted by molar-refractivity contribution is -0.113. The second kappa shape index (κ2) is 10.1. The third kappa shape index (κ3) is 5.96. The van der Waals surface area contributed by atoms with Gasteiger partial charge in [-0.2, -0.15) is 5.10 Å². The van der Waals surface area contributed by atoms with Crippen molar-refractivity contribution in [2.24, 2.45) is 5.10 Å². The lowest BCUT2D eigenvalue weighted by Gasteiger charge is -2.29. The Morgan fingerprint density at radius 1 is 1.25 bits per heavy atom. The molecule has 1 aromatic rings. The molecular formula is C19H29N3O2. The minimum atomic E-state index is 0.114. The zero-order chi connectivity index (χ0) is 17.2. The van der Waals surface area contributed by atoms with Crippen molar-refractivity contribution < 1.29 is 9.53 Å². The first-order valence-corrected chi connectivity index (χ1v) is 8.90. The molecule has 1 fully saturated rings. The van der Waals surface area contributed by atoms with Gasteiger partial charge in [-0.1, -0.05) is 18.2 Å². The van der Waals surface area contributed by atoms with E-state index in [4.69, 9.17) is 4.74 Å². The molecule has 5 heteroatoms. The van der Waals surface area contributed by atoms with Crippen molar-refractivity contribution in [1.82, 2.24) is 4.90 Å². The van der Waals surface area contributed by atoms with Crippen LogP contribution < -0.4 is 5.43 Å². The number of rotatable bonds is 8. The van der Waals surface area contributed by atoms with Crippen molar-refractivity contribution in [2.45, 2.75) is 51.6 Å². The predicted octanol–water partition coefficient (Wildman–Crippen LogP) is 3.67. The van der Waals surface area contributed by atoms with E-state index in [-0.39, 0.29) is 11.9 Å². The molecule has 1 heterocycles. The topological polar surface area (TPSA) is 53.9 Å². The van der Waals surface area contributed by atoms with Gasteiger partial charge in [-0.05, 0) is 51.2 Å². The van der Waals surface area contributed by atoms with Gasteiger partial charge in [0.25, 0.3) is 0 Å². The number of carbonyl (C=O) groups excluding carboxylic acids is 1. The Hall–Kier alpha value is -1.88. The van der Waals surface area contributed by atoms with Gasteiger partial charge in [0, 0.05) is 26.6 Å². The van der Waals surface area contributed by atoms with E-state index in [0.717, 1.165) is 44.5 Å². The molecule has 24 heavy (non-hydrogen) atoms. The molecule has 1 aromatic carbocycles. The summed E-state index contributed by atoms with van der Waals surface area (Å²) in [4.78, 5) is 14.8. The fraction of sp³-hybridized carbons (Fsp3) is 0.579. The Balaban J connectivity index is 2.00. The molecule has 1 N–H and O–H groups in total. The number of amidine groups is 1. The minimum absolute atomic E-state index is 0.114. The number of hydrazone groups is 1. The van der Waals surface area contributed by atoms with Gasteiger partial charge in [-0.25, -0.2) is 0 Å². The molecule has 0 radical (unpaired) electrons. The number of ether oxygens (including phenoxy) is 1. The fourth-order valence-corrected chi connectivity index (χ4v) is 2.83. The maximum atomic E-state index is 12.7. The van der Waals surface area contributed by atoms with E-state index >= 15 is 0 Å². The van der Waals surface area contributed by atoms with Crippen molar-refractivity contribution in [2.75, 3.05) is 25.6 Å². The molecule has 132 valence electrons. The number of ketones is 1. The number of hydrogen-bond donors (Lipinski definition) is 1. The summed E-state index contributed by atoms with van der Waals surface area (Å²) in [7, 11) is 1.71. The summed E-state index contributed by atoms with van der Waals surface area (Å²) in [6.45, 7) is 3.85. The van der Waals surface area contributed by atoms with Crippen LogP contribution in [0.15, 0.2) is 35.4 Å². The minimum Gasteiger partial charge on any atom is -0.382 e. The maximum absolute atomic E-state index is 12.7. The van der Waals surface area contributed by atoms with Gasteiger partial charge in [0.05, 0.1) is 11.8 Å². The largest absolute Gasteiger partial charge is 0.382 e. The number of Topliss-reactive ketones (excluding diaryl/α,β-unsaturated/α-hetero) is 1. The highest BCUT2D eigenvalue weighted by molar-refractivity contribution is 6.38. The van der Waals surface area contributed by atoms with Crippen LogP contribution in [0.2, 0.25) is 0 Å². The standard InChI is InChI=1S/C19H29N3O2/c1-16(24-2)10-9-13-18(23)19(22-14-7-4-8-15-22)21-20-17-11-5-3-6-12-17/h3,5-6,11-12,16,20H,4,7-10,13-15H2,1-2H3/b21-19-. The highest BCUT2D eigenvalue weighted by atomic mass is 16.5. The van der Waals surface area contributed by atoms with Crippen LogP contribution in [-0.4, -0.2) is 42.8 Å². The van der Waals surface area contributed by atoms with Crippen LogP contribution in [0.3, 0.4) is 0 Å². The zero-order valence-corrected chi connectivity index (χ0v) is 14.8. The van der Waals surface area contributed by atoms with Crippen molar-refractivity contribution in [1.29, 1.82) is 0 Å². The third-order valence-electron chi connectivity index (χ3n) is 4.39. The van der Waals surface area contributed by atoms with E-state index in [1.807, 2.05) is 37.3 Å². The van der Waals surface area contributed by atoms with Gasteiger partial charge in [0.2, 0.25) is 0 Å². The van der Waals surface area contributed by atoms with Gasteiger partial charge in [0.1, 0.15) is 0 Å². The van der Waals surface area contributed by atoms with Crippen molar-refractivity contribution in [3.05, 3.63) is 30.3 Å². The molecule has 0 bridgehead atoms. The molecule has 0 saturated carbocycles. The number of carbonyl (C=O) groups is 1. The van der Waals surface area contributed by atoms with Gasteiger partial charge >= 0.3 is 0 Å². The Labute approximate surface area is 145 Å². The summed E-state index contributed by atoms with van der Waals surface area (Å²) in [5.74, 6) is 0.687. The van der Waals surface area contributed by atoms with Crippen LogP contribution in [0, 0.1) is 0 Å². The highest BCUT2D eigenvalue weighted by Gasteiger charge is 2.21. The second-order valence-electron chi connectivity index (χ2n) is 6.32. The fourth-order valence-electron chi connectivity index (χ4n) is 2.83. The lowest BCUT2D eigenvalue weighted by atomic mass is 10.1. The molecule has 1 aliphatic heterocycles. The van der Waals surface area contributed by atoms with Crippen LogP contribution in [0.1, 0.15) is 45.4 Å². The predicted molar refractivity (Wildman–Crippen MR) is 98.3 cm³/mol. The summed E-state index contributed by atoms with van der Waals surface area (Å²) in [6.07, 6.45) is 5.90. The van der Waals surface area contributed by atoms with Gasteiger partial charge < -0.3 is 9.64 Å². The number of para-hydroxylation sites is 1. The quantitative estimate of drug-likeness (QED) is 0.448. The number of piperidine rings is 1. The Morgan fingerprint density at radius 3 is 2.62 bits per heavy atom. The Kier molecular flexibility index (Phi) is 7.75. The van der Waals surface area contributed by atoms with Crippen LogP contribution in [0.4, 0.5) is 5.69 Å². The summed E-state index contributed by atoms with van der Waals surface area (Å²) >= 11 is 0. The molecule has 5 nitrogen and oxygen atoms in total. The first-order chi connectivity index (χ1) is 11.7. The molecule has 0 spiro atoms. The molecule has 2 rings (SSSR count). The third-order valence-corrected chi connectivity index (χ3v) is 4.39. The maximum Gasteiger partial charge on any atom is 0.199 e. The van der Waals surface area contributed by atoms with Crippen molar-refractivity contribution >= 4 is 17.3 Å². The number of nitrogens with zero attached hydrogens (tertiary/aromatic N) is 2. The molecule has 0 aromatic heterocycles. The first-order valence-electron chi connectivity index (χ1n) is 8.90. The average Bonchev–Trinajstić information content (AvgIpc) is 2.63. The average molecular weight is 331 g/mol. The van der Waals surface area contributed by atoms with Crippen LogP contribution in [0.5, 0.6) is 0 Å². The van der Waals surface area contributed by atoms with Crippen LogP contribution in [-0.2, 0) is 9.53 Å².